The predicted molar refractivity (Wildman–Crippen MR) is 75.5 cm³/mol. The molecule has 0 bridgehead atoms. The first-order chi connectivity index (χ1) is 8.88. The van der Waals surface area contributed by atoms with Gasteiger partial charge in [0.25, 0.3) is 0 Å². The summed E-state index contributed by atoms with van der Waals surface area (Å²) in [5, 5.41) is 0. The Balaban J connectivity index is 1.78. The van der Waals surface area contributed by atoms with Crippen LogP contribution in [0.2, 0.25) is 0 Å². The maximum absolute atomic E-state index is 6.02. The van der Waals surface area contributed by atoms with Crippen molar-refractivity contribution in [2.24, 2.45) is 5.73 Å². The van der Waals surface area contributed by atoms with Gasteiger partial charge in [0.05, 0.1) is 12.7 Å². The molecule has 2 rings (SSSR count). The summed E-state index contributed by atoms with van der Waals surface area (Å²) in [6.07, 6.45) is 9.36. The predicted octanol–water partition coefficient (Wildman–Crippen LogP) is 3.43. The summed E-state index contributed by atoms with van der Waals surface area (Å²) in [4.78, 5) is 0. The zero-order valence-corrected chi connectivity index (χ0v) is 11.2. The summed E-state index contributed by atoms with van der Waals surface area (Å²) < 4.78 is 6.02. The fourth-order valence-electron chi connectivity index (χ4n) is 2.59. The second kappa shape index (κ2) is 7.55. The van der Waals surface area contributed by atoms with Gasteiger partial charge < -0.3 is 10.5 Å². The van der Waals surface area contributed by atoms with Gasteiger partial charge in [-0.1, -0.05) is 49.9 Å². The van der Waals surface area contributed by atoms with E-state index >= 15 is 0 Å². The minimum absolute atomic E-state index is 0.483. The SMILES string of the molecule is NCCc1ccc(COC2CCCCCC2)cc1. The lowest BCUT2D eigenvalue weighted by atomic mass is 10.1. The molecule has 0 heterocycles. The van der Waals surface area contributed by atoms with Crippen molar-refractivity contribution in [1.82, 2.24) is 0 Å². The molecule has 2 heteroatoms. The summed E-state index contributed by atoms with van der Waals surface area (Å²) in [6.45, 7) is 1.48. The molecule has 1 saturated carbocycles. The molecule has 1 aliphatic rings. The van der Waals surface area contributed by atoms with Crippen molar-refractivity contribution in [3.05, 3.63) is 35.4 Å². The van der Waals surface area contributed by atoms with Gasteiger partial charge in [-0.3, -0.25) is 0 Å². The van der Waals surface area contributed by atoms with Gasteiger partial charge in [0.1, 0.15) is 0 Å². The lowest BCUT2D eigenvalue weighted by molar-refractivity contribution is 0.0310. The molecule has 0 amide bonds. The molecule has 0 aromatic heterocycles. The Morgan fingerprint density at radius 1 is 0.944 bits per heavy atom. The third-order valence-corrected chi connectivity index (χ3v) is 3.74. The van der Waals surface area contributed by atoms with Crippen LogP contribution in [0.25, 0.3) is 0 Å². The largest absolute Gasteiger partial charge is 0.374 e. The van der Waals surface area contributed by atoms with Crippen molar-refractivity contribution in [1.29, 1.82) is 0 Å². The van der Waals surface area contributed by atoms with Gasteiger partial charge in [0, 0.05) is 0 Å². The third kappa shape index (κ3) is 4.43. The number of ether oxygens (including phenoxy) is 1. The third-order valence-electron chi connectivity index (χ3n) is 3.74. The number of hydrogen-bond donors (Lipinski definition) is 1. The molecular formula is C16H25NO. The summed E-state index contributed by atoms with van der Waals surface area (Å²) in [5.74, 6) is 0. The summed E-state index contributed by atoms with van der Waals surface area (Å²) in [6, 6.07) is 8.67. The molecular weight excluding hydrogens is 222 g/mol. The zero-order chi connectivity index (χ0) is 12.6. The van der Waals surface area contributed by atoms with Crippen LogP contribution in [0.15, 0.2) is 24.3 Å². The highest BCUT2D eigenvalue weighted by Crippen LogP contribution is 2.21. The molecule has 0 spiro atoms. The Labute approximate surface area is 111 Å². The first-order valence-corrected chi connectivity index (χ1v) is 7.28. The maximum Gasteiger partial charge on any atom is 0.0720 e. The van der Waals surface area contributed by atoms with Crippen LogP contribution in [0.4, 0.5) is 0 Å². The molecule has 0 aliphatic heterocycles. The minimum atomic E-state index is 0.483. The first-order valence-electron chi connectivity index (χ1n) is 7.28. The van der Waals surface area contributed by atoms with E-state index in [2.05, 4.69) is 24.3 Å². The van der Waals surface area contributed by atoms with E-state index in [0.717, 1.165) is 19.6 Å². The van der Waals surface area contributed by atoms with E-state index in [-0.39, 0.29) is 0 Å². The van der Waals surface area contributed by atoms with E-state index < -0.39 is 0 Å². The van der Waals surface area contributed by atoms with Gasteiger partial charge in [-0.2, -0.15) is 0 Å². The average molecular weight is 247 g/mol. The van der Waals surface area contributed by atoms with Crippen LogP contribution >= 0.6 is 0 Å². The number of rotatable bonds is 5. The van der Waals surface area contributed by atoms with Crippen molar-refractivity contribution in [2.75, 3.05) is 6.54 Å². The lowest BCUT2D eigenvalue weighted by Gasteiger charge is -2.15. The smallest absolute Gasteiger partial charge is 0.0720 e. The summed E-state index contributed by atoms with van der Waals surface area (Å²) >= 11 is 0. The van der Waals surface area contributed by atoms with E-state index in [0.29, 0.717) is 6.10 Å². The van der Waals surface area contributed by atoms with Crippen LogP contribution in [0.5, 0.6) is 0 Å². The standard InChI is InChI=1S/C16H25NO/c17-12-11-14-7-9-15(10-8-14)13-18-16-5-3-1-2-4-6-16/h7-10,16H,1-6,11-13,17H2. The van der Waals surface area contributed by atoms with Crippen molar-refractivity contribution < 1.29 is 4.74 Å². The normalized spacial score (nSPS) is 17.6. The monoisotopic (exact) mass is 247 g/mol. The number of nitrogens with two attached hydrogens (primary N) is 1. The molecule has 0 unspecified atom stereocenters. The van der Waals surface area contributed by atoms with Gasteiger partial charge >= 0.3 is 0 Å². The highest BCUT2D eigenvalue weighted by molar-refractivity contribution is 5.22. The molecule has 0 radical (unpaired) electrons. The van der Waals surface area contributed by atoms with E-state index in [1.165, 1.54) is 49.7 Å². The fourth-order valence-corrected chi connectivity index (χ4v) is 2.59. The van der Waals surface area contributed by atoms with E-state index in [9.17, 15) is 0 Å². The topological polar surface area (TPSA) is 35.2 Å². The maximum atomic E-state index is 6.02. The molecule has 2 N–H and O–H groups in total. The molecule has 100 valence electrons. The van der Waals surface area contributed by atoms with E-state index in [1.807, 2.05) is 0 Å². The first kappa shape index (κ1) is 13.6. The van der Waals surface area contributed by atoms with Crippen LogP contribution in [-0.4, -0.2) is 12.6 Å². The van der Waals surface area contributed by atoms with Crippen molar-refractivity contribution in [3.63, 3.8) is 0 Å². The van der Waals surface area contributed by atoms with E-state index in [1.54, 1.807) is 0 Å². The average Bonchev–Trinajstić information content (AvgIpc) is 2.67. The van der Waals surface area contributed by atoms with Crippen molar-refractivity contribution in [3.8, 4) is 0 Å². The quantitative estimate of drug-likeness (QED) is 0.809. The summed E-state index contributed by atoms with van der Waals surface area (Å²) in [5.41, 5.74) is 8.14. The minimum Gasteiger partial charge on any atom is -0.374 e. The molecule has 18 heavy (non-hydrogen) atoms. The molecule has 1 aliphatic carbocycles. The van der Waals surface area contributed by atoms with Crippen molar-refractivity contribution >= 4 is 0 Å². The Morgan fingerprint density at radius 3 is 2.17 bits per heavy atom. The zero-order valence-electron chi connectivity index (χ0n) is 11.2. The van der Waals surface area contributed by atoms with Crippen LogP contribution in [0.1, 0.15) is 49.7 Å². The molecule has 0 saturated heterocycles. The lowest BCUT2D eigenvalue weighted by Crippen LogP contribution is -2.11. The molecule has 1 aromatic rings. The highest BCUT2D eigenvalue weighted by atomic mass is 16.5. The van der Waals surface area contributed by atoms with Crippen LogP contribution in [-0.2, 0) is 17.8 Å². The fraction of sp³-hybridized carbons (Fsp3) is 0.625. The van der Waals surface area contributed by atoms with Crippen LogP contribution in [0, 0.1) is 0 Å². The Morgan fingerprint density at radius 2 is 1.56 bits per heavy atom. The van der Waals surface area contributed by atoms with Crippen molar-refractivity contribution in [2.45, 2.75) is 57.7 Å². The number of hydrogen-bond acceptors (Lipinski definition) is 2. The second-order valence-corrected chi connectivity index (χ2v) is 5.28. The Bertz CT molecular complexity index is 325. The second-order valence-electron chi connectivity index (χ2n) is 5.28. The molecule has 2 nitrogen and oxygen atoms in total. The van der Waals surface area contributed by atoms with Gasteiger partial charge in [-0.25, -0.2) is 0 Å². The molecule has 1 fully saturated rings. The van der Waals surface area contributed by atoms with Gasteiger partial charge in [0.15, 0.2) is 0 Å². The molecule has 1 aromatic carbocycles. The van der Waals surface area contributed by atoms with Gasteiger partial charge in [-0.15, -0.1) is 0 Å². The van der Waals surface area contributed by atoms with Crippen LogP contribution < -0.4 is 5.73 Å². The van der Waals surface area contributed by atoms with E-state index in [4.69, 9.17) is 10.5 Å². The number of benzene rings is 1. The van der Waals surface area contributed by atoms with Gasteiger partial charge in [-0.05, 0) is 36.9 Å². The Hall–Kier alpha value is -0.860. The van der Waals surface area contributed by atoms with Crippen LogP contribution in [0.3, 0.4) is 0 Å². The highest BCUT2D eigenvalue weighted by Gasteiger charge is 2.12. The summed E-state index contributed by atoms with van der Waals surface area (Å²) in [7, 11) is 0. The van der Waals surface area contributed by atoms with Gasteiger partial charge in [0.2, 0.25) is 0 Å². The Kier molecular flexibility index (Phi) is 5.69. The molecule has 0 atom stereocenters.